The fraction of sp³-hybridized carbons (Fsp3) is 0.375. The average Bonchev–Trinajstić information content (AvgIpc) is 3.06. The summed E-state index contributed by atoms with van der Waals surface area (Å²) in [4.78, 5) is 11.8. The number of hydrogen-bond donors (Lipinski definition) is 2. The number of amides is 1. The van der Waals surface area contributed by atoms with Gasteiger partial charge in [-0.05, 0) is 25.5 Å². The Bertz CT molecular complexity index is 911. The van der Waals surface area contributed by atoms with E-state index in [0.29, 0.717) is 5.75 Å². The Balaban J connectivity index is 2.22. The van der Waals surface area contributed by atoms with Crippen LogP contribution in [0.15, 0.2) is 28.8 Å². The molecule has 0 aliphatic rings. The van der Waals surface area contributed by atoms with Gasteiger partial charge in [0.25, 0.3) is 5.91 Å². The number of carbonyl (C=O) groups excluding carboxylic acids is 1. The number of hydrogen-bond acceptors (Lipinski definition) is 7. The highest BCUT2D eigenvalue weighted by molar-refractivity contribution is 7.92. The van der Waals surface area contributed by atoms with Gasteiger partial charge in [0.05, 0.1) is 7.11 Å². The molecule has 1 amide bonds. The van der Waals surface area contributed by atoms with E-state index in [9.17, 15) is 17.6 Å². The van der Waals surface area contributed by atoms with Gasteiger partial charge in [-0.2, -0.15) is 0 Å². The van der Waals surface area contributed by atoms with E-state index in [1.54, 1.807) is 6.07 Å². The molecular formula is C16H19FN2O6S. The van der Waals surface area contributed by atoms with Crippen LogP contribution in [0.25, 0.3) is 11.3 Å². The van der Waals surface area contributed by atoms with Crippen LogP contribution < -0.4 is 10.2 Å². The van der Waals surface area contributed by atoms with Crippen molar-refractivity contribution in [2.45, 2.75) is 24.5 Å². The number of halogens is 1. The minimum atomic E-state index is -3.81. The molecule has 2 rings (SSSR count). The van der Waals surface area contributed by atoms with Gasteiger partial charge < -0.3 is 9.26 Å². The molecule has 0 aliphatic carbocycles. The molecule has 1 aromatic carbocycles. The van der Waals surface area contributed by atoms with Crippen LogP contribution in [0, 0.1) is 5.82 Å². The first-order valence-corrected chi connectivity index (χ1v) is 9.45. The number of carbonyl (C=O) groups is 1. The molecule has 8 nitrogen and oxygen atoms in total. The molecule has 2 aromatic rings. The lowest BCUT2D eigenvalue weighted by molar-refractivity contribution is -0.131. The summed E-state index contributed by atoms with van der Waals surface area (Å²) in [6.45, 7) is 1.20. The normalized spacial score (nSPS) is 13.9. The standard InChI is InChI=1S/C16H19FN2O6S/c1-16(15(20)18-21,26(3,22)23)7-6-11-9-14(19-25-11)12-5-4-10(24-2)8-13(12)17/h4-5,8-9,21H,6-7H2,1-3H3,(H,18,20)/t16-/m1/s1. The summed E-state index contributed by atoms with van der Waals surface area (Å²) < 4.78 is 46.1. The summed E-state index contributed by atoms with van der Waals surface area (Å²) in [6, 6.07) is 5.72. The molecule has 26 heavy (non-hydrogen) atoms. The number of methoxy groups -OCH3 is 1. The summed E-state index contributed by atoms with van der Waals surface area (Å²) in [5, 5.41) is 12.6. The van der Waals surface area contributed by atoms with E-state index in [1.165, 1.54) is 37.7 Å². The second-order valence-electron chi connectivity index (χ2n) is 5.97. The molecule has 0 radical (unpaired) electrons. The molecule has 0 saturated heterocycles. The Morgan fingerprint density at radius 3 is 2.65 bits per heavy atom. The topological polar surface area (TPSA) is 119 Å². The van der Waals surface area contributed by atoms with Crippen LogP contribution in [0.3, 0.4) is 0 Å². The maximum absolute atomic E-state index is 14.1. The third-order valence-electron chi connectivity index (χ3n) is 4.26. The van der Waals surface area contributed by atoms with Crippen LogP contribution >= 0.6 is 0 Å². The minimum Gasteiger partial charge on any atom is -0.497 e. The van der Waals surface area contributed by atoms with Crippen LogP contribution in [-0.4, -0.2) is 42.8 Å². The van der Waals surface area contributed by atoms with Crippen LogP contribution in [0.5, 0.6) is 5.75 Å². The predicted molar refractivity (Wildman–Crippen MR) is 89.9 cm³/mol. The average molecular weight is 386 g/mol. The Kier molecular flexibility index (Phi) is 5.67. The molecule has 1 aromatic heterocycles. The number of aryl methyl sites for hydroxylation is 1. The number of benzene rings is 1. The van der Waals surface area contributed by atoms with Crippen LogP contribution in [0.2, 0.25) is 0 Å². The van der Waals surface area contributed by atoms with Gasteiger partial charge >= 0.3 is 0 Å². The van der Waals surface area contributed by atoms with Crippen molar-refractivity contribution in [2.75, 3.05) is 13.4 Å². The molecule has 142 valence electrons. The largest absolute Gasteiger partial charge is 0.497 e. The van der Waals surface area contributed by atoms with Gasteiger partial charge in [-0.1, -0.05) is 5.16 Å². The van der Waals surface area contributed by atoms with Gasteiger partial charge in [0, 0.05) is 30.4 Å². The summed E-state index contributed by atoms with van der Waals surface area (Å²) in [7, 11) is -2.39. The van der Waals surface area contributed by atoms with Gasteiger partial charge in [-0.25, -0.2) is 18.3 Å². The van der Waals surface area contributed by atoms with Crippen LogP contribution in [0.1, 0.15) is 19.1 Å². The van der Waals surface area contributed by atoms with Crippen molar-refractivity contribution in [2.24, 2.45) is 0 Å². The molecule has 10 heteroatoms. The zero-order valence-corrected chi connectivity index (χ0v) is 15.3. The third-order valence-corrected chi connectivity index (χ3v) is 6.29. The lowest BCUT2D eigenvalue weighted by Gasteiger charge is -2.24. The van der Waals surface area contributed by atoms with Crippen LogP contribution in [-0.2, 0) is 21.1 Å². The smallest absolute Gasteiger partial charge is 0.264 e. The summed E-state index contributed by atoms with van der Waals surface area (Å²) in [6.07, 6.45) is 0.792. The fourth-order valence-electron chi connectivity index (χ4n) is 2.34. The number of nitrogens with zero attached hydrogens (tertiary/aromatic N) is 1. The summed E-state index contributed by atoms with van der Waals surface area (Å²) in [5.74, 6) is -0.962. The number of rotatable bonds is 7. The molecule has 0 bridgehead atoms. The zero-order chi connectivity index (χ0) is 19.5. The fourth-order valence-corrected chi connectivity index (χ4v) is 3.19. The molecule has 0 unspecified atom stereocenters. The van der Waals surface area contributed by atoms with Crippen molar-refractivity contribution in [3.63, 3.8) is 0 Å². The minimum absolute atomic E-state index is 0.0434. The maximum atomic E-state index is 14.1. The Hall–Kier alpha value is -2.46. The second kappa shape index (κ2) is 7.42. The molecule has 0 aliphatic heterocycles. The molecule has 2 N–H and O–H groups in total. The number of hydroxylamine groups is 1. The first-order chi connectivity index (χ1) is 12.1. The SMILES string of the molecule is COc1ccc(-c2cc(CC[C@](C)(C(=O)NO)S(C)(=O)=O)on2)c(F)c1. The highest BCUT2D eigenvalue weighted by Gasteiger charge is 2.43. The molecule has 0 saturated carbocycles. The van der Waals surface area contributed by atoms with E-state index in [4.69, 9.17) is 14.5 Å². The maximum Gasteiger partial charge on any atom is 0.264 e. The monoisotopic (exact) mass is 386 g/mol. The van der Waals surface area contributed by atoms with Crippen LogP contribution in [0.4, 0.5) is 4.39 Å². The van der Waals surface area contributed by atoms with Gasteiger partial charge in [0.2, 0.25) is 0 Å². The van der Waals surface area contributed by atoms with E-state index in [-0.39, 0.29) is 29.9 Å². The first kappa shape index (κ1) is 19.9. The Labute approximate surface area is 149 Å². The quantitative estimate of drug-likeness (QED) is 0.549. The van der Waals surface area contributed by atoms with E-state index in [2.05, 4.69) is 5.16 Å². The highest BCUT2D eigenvalue weighted by atomic mass is 32.2. The third kappa shape index (κ3) is 3.86. The van der Waals surface area contributed by atoms with Crippen molar-refractivity contribution in [3.8, 4) is 17.0 Å². The molecular weight excluding hydrogens is 367 g/mol. The molecule has 0 fully saturated rings. The summed E-state index contributed by atoms with van der Waals surface area (Å²) >= 11 is 0. The van der Waals surface area contributed by atoms with Gasteiger partial charge in [0.15, 0.2) is 9.84 Å². The van der Waals surface area contributed by atoms with Gasteiger partial charge in [-0.3, -0.25) is 10.0 Å². The van der Waals surface area contributed by atoms with Crippen molar-refractivity contribution in [1.29, 1.82) is 0 Å². The lowest BCUT2D eigenvalue weighted by atomic mass is 10.0. The number of ether oxygens (including phenoxy) is 1. The molecule has 1 heterocycles. The molecule has 0 spiro atoms. The summed E-state index contributed by atoms with van der Waals surface area (Å²) in [5.41, 5.74) is 1.80. The number of sulfone groups is 1. The van der Waals surface area contributed by atoms with Gasteiger partial charge in [0.1, 0.15) is 27.8 Å². The van der Waals surface area contributed by atoms with Crippen molar-refractivity contribution in [1.82, 2.24) is 10.6 Å². The second-order valence-corrected chi connectivity index (χ2v) is 8.41. The van der Waals surface area contributed by atoms with E-state index >= 15 is 0 Å². The van der Waals surface area contributed by atoms with Crippen molar-refractivity contribution >= 4 is 15.7 Å². The van der Waals surface area contributed by atoms with E-state index in [1.807, 2.05) is 0 Å². The molecule has 1 atom stereocenters. The number of nitrogens with one attached hydrogen (secondary N) is 1. The van der Waals surface area contributed by atoms with Crippen molar-refractivity contribution < 1.29 is 32.1 Å². The predicted octanol–water partition coefficient (Wildman–Crippen LogP) is 1.73. The Morgan fingerprint density at radius 2 is 2.12 bits per heavy atom. The lowest BCUT2D eigenvalue weighted by Crippen LogP contribution is -2.49. The first-order valence-electron chi connectivity index (χ1n) is 7.56. The Morgan fingerprint density at radius 1 is 1.42 bits per heavy atom. The van der Waals surface area contributed by atoms with Gasteiger partial charge in [-0.15, -0.1) is 0 Å². The van der Waals surface area contributed by atoms with E-state index < -0.39 is 26.3 Å². The zero-order valence-electron chi connectivity index (χ0n) is 14.4. The van der Waals surface area contributed by atoms with E-state index in [0.717, 1.165) is 6.26 Å². The highest BCUT2D eigenvalue weighted by Crippen LogP contribution is 2.28. The number of aromatic nitrogens is 1. The van der Waals surface area contributed by atoms with Crippen molar-refractivity contribution in [3.05, 3.63) is 35.8 Å².